The normalized spacial score (nSPS) is 10.7. The number of aryl methyl sites for hydroxylation is 2. The number of aromatic nitrogens is 1. The molecule has 106 valence electrons. The van der Waals surface area contributed by atoms with Crippen LogP contribution in [0.3, 0.4) is 0 Å². The van der Waals surface area contributed by atoms with Crippen LogP contribution in [0.5, 0.6) is 0 Å². The van der Waals surface area contributed by atoms with Crippen molar-refractivity contribution < 1.29 is 9.34 Å². The molecule has 0 atom stereocenters. The lowest BCUT2D eigenvalue weighted by atomic mass is 10.1. The van der Waals surface area contributed by atoms with Crippen molar-refractivity contribution in [3.63, 3.8) is 0 Å². The summed E-state index contributed by atoms with van der Waals surface area (Å²) in [5.74, 6) is 1.06. The molecule has 2 rings (SSSR count). The fourth-order valence-corrected chi connectivity index (χ4v) is 2.08. The Morgan fingerprint density at radius 2 is 2.25 bits per heavy atom. The first-order chi connectivity index (χ1) is 9.63. The van der Waals surface area contributed by atoms with Gasteiger partial charge in [0.15, 0.2) is 11.7 Å². The molecule has 1 N–H and O–H groups in total. The van der Waals surface area contributed by atoms with Gasteiger partial charge < -0.3 is 9.73 Å². The highest BCUT2D eigenvalue weighted by Gasteiger charge is 2.20. The number of hydrogen-bond donors (Lipinski definition) is 1. The number of hydrogen-bond acceptors (Lipinski definition) is 5. The van der Waals surface area contributed by atoms with E-state index in [0.29, 0.717) is 23.6 Å². The molecule has 0 saturated heterocycles. The molecule has 20 heavy (non-hydrogen) atoms. The van der Waals surface area contributed by atoms with Gasteiger partial charge in [-0.05, 0) is 32.5 Å². The summed E-state index contributed by atoms with van der Waals surface area (Å²) in [6.07, 6.45) is 3.18. The smallest absolute Gasteiger partial charge is 0.280 e. The minimum Gasteiger partial charge on any atom is -0.440 e. The molecule has 0 amide bonds. The van der Waals surface area contributed by atoms with Crippen LogP contribution in [0, 0.1) is 17.0 Å². The number of nitrogens with zero attached hydrogens (tertiary/aromatic N) is 2. The molecule has 6 heteroatoms. The van der Waals surface area contributed by atoms with Crippen LogP contribution in [-0.2, 0) is 6.42 Å². The number of rotatable bonds is 6. The second-order valence-electron chi connectivity index (χ2n) is 4.55. The molecular formula is C14H17N3O3. The SMILES string of the molecule is CNCCCc1ncc(-c2c(C)cccc2[N+](=O)[O-])o1. The van der Waals surface area contributed by atoms with Crippen LogP contribution in [0.1, 0.15) is 17.9 Å². The van der Waals surface area contributed by atoms with E-state index in [4.69, 9.17) is 4.42 Å². The first-order valence-electron chi connectivity index (χ1n) is 6.47. The van der Waals surface area contributed by atoms with Crippen LogP contribution >= 0.6 is 0 Å². The number of oxazole rings is 1. The summed E-state index contributed by atoms with van der Waals surface area (Å²) in [6, 6.07) is 4.97. The van der Waals surface area contributed by atoms with Crippen molar-refractivity contribution in [1.82, 2.24) is 10.3 Å². The second kappa shape index (κ2) is 6.29. The zero-order valence-electron chi connectivity index (χ0n) is 11.5. The van der Waals surface area contributed by atoms with Crippen LogP contribution in [-0.4, -0.2) is 23.5 Å². The topological polar surface area (TPSA) is 81.2 Å². The van der Waals surface area contributed by atoms with Crippen LogP contribution < -0.4 is 5.32 Å². The van der Waals surface area contributed by atoms with Gasteiger partial charge >= 0.3 is 0 Å². The Labute approximate surface area is 117 Å². The maximum Gasteiger partial charge on any atom is 0.280 e. The average molecular weight is 275 g/mol. The molecule has 2 aromatic rings. The number of nitro benzene ring substituents is 1. The van der Waals surface area contributed by atoms with Gasteiger partial charge in [-0.3, -0.25) is 10.1 Å². The highest BCUT2D eigenvalue weighted by atomic mass is 16.6. The van der Waals surface area contributed by atoms with E-state index >= 15 is 0 Å². The summed E-state index contributed by atoms with van der Waals surface area (Å²) in [5, 5.41) is 14.2. The van der Waals surface area contributed by atoms with Crippen molar-refractivity contribution in [2.45, 2.75) is 19.8 Å². The molecule has 0 radical (unpaired) electrons. The molecule has 1 heterocycles. The van der Waals surface area contributed by atoms with Gasteiger partial charge in [0.1, 0.15) is 0 Å². The Morgan fingerprint density at radius 1 is 1.45 bits per heavy atom. The second-order valence-corrected chi connectivity index (χ2v) is 4.55. The van der Waals surface area contributed by atoms with Crippen molar-refractivity contribution >= 4 is 5.69 Å². The molecule has 0 spiro atoms. The molecular weight excluding hydrogens is 258 g/mol. The van der Waals surface area contributed by atoms with E-state index in [2.05, 4.69) is 10.3 Å². The zero-order valence-corrected chi connectivity index (χ0v) is 11.5. The third-order valence-corrected chi connectivity index (χ3v) is 3.06. The van der Waals surface area contributed by atoms with Gasteiger partial charge in [-0.1, -0.05) is 12.1 Å². The minimum absolute atomic E-state index is 0.0444. The molecule has 0 unspecified atom stereocenters. The number of nitrogens with one attached hydrogen (secondary N) is 1. The quantitative estimate of drug-likeness (QED) is 0.498. The lowest BCUT2D eigenvalue weighted by Gasteiger charge is -2.03. The number of benzene rings is 1. The van der Waals surface area contributed by atoms with E-state index in [0.717, 1.165) is 18.5 Å². The molecule has 0 bridgehead atoms. The molecule has 1 aromatic carbocycles. The Bertz CT molecular complexity index is 607. The third-order valence-electron chi connectivity index (χ3n) is 3.06. The summed E-state index contributed by atoms with van der Waals surface area (Å²) >= 11 is 0. The van der Waals surface area contributed by atoms with Crippen molar-refractivity contribution in [3.8, 4) is 11.3 Å². The molecule has 1 aromatic heterocycles. The lowest BCUT2D eigenvalue weighted by molar-refractivity contribution is -0.384. The van der Waals surface area contributed by atoms with E-state index in [1.807, 2.05) is 20.0 Å². The highest BCUT2D eigenvalue weighted by Crippen LogP contribution is 2.33. The Balaban J connectivity index is 2.30. The highest BCUT2D eigenvalue weighted by molar-refractivity contribution is 5.72. The van der Waals surface area contributed by atoms with E-state index < -0.39 is 4.92 Å². The van der Waals surface area contributed by atoms with Crippen LogP contribution in [0.25, 0.3) is 11.3 Å². The summed E-state index contributed by atoms with van der Waals surface area (Å²) in [6.45, 7) is 2.70. The van der Waals surface area contributed by atoms with E-state index in [1.54, 1.807) is 12.3 Å². The number of nitro groups is 1. The van der Waals surface area contributed by atoms with Gasteiger partial charge in [-0.15, -0.1) is 0 Å². The summed E-state index contributed by atoms with van der Waals surface area (Å²) in [7, 11) is 1.89. The van der Waals surface area contributed by atoms with Gasteiger partial charge in [0.05, 0.1) is 16.7 Å². The monoisotopic (exact) mass is 275 g/mol. The lowest BCUT2D eigenvalue weighted by Crippen LogP contribution is -2.08. The van der Waals surface area contributed by atoms with Gasteiger partial charge in [-0.2, -0.15) is 0 Å². The van der Waals surface area contributed by atoms with Crippen molar-refractivity contribution in [2.75, 3.05) is 13.6 Å². The van der Waals surface area contributed by atoms with Crippen LogP contribution in [0.15, 0.2) is 28.8 Å². The maximum atomic E-state index is 11.1. The first kappa shape index (κ1) is 14.2. The standard InChI is InChI=1S/C14H17N3O3/c1-10-5-3-6-11(17(18)19)14(10)12-9-16-13(20-12)7-4-8-15-2/h3,5-6,9,15H,4,7-8H2,1-2H3. The fraction of sp³-hybridized carbons (Fsp3) is 0.357. The summed E-state index contributed by atoms with van der Waals surface area (Å²) < 4.78 is 5.64. The first-order valence-corrected chi connectivity index (χ1v) is 6.47. The Morgan fingerprint density at radius 3 is 2.95 bits per heavy atom. The largest absolute Gasteiger partial charge is 0.440 e. The summed E-state index contributed by atoms with van der Waals surface area (Å²) in [5.41, 5.74) is 1.35. The molecule has 0 aliphatic carbocycles. The molecule has 0 fully saturated rings. The zero-order chi connectivity index (χ0) is 14.5. The summed E-state index contributed by atoms with van der Waals surface area (Å²) in [4.78, 5) is 14.9. The molecule has 0 saturated carbocycles. The Kier molecular flexibility index (Phi) is 4.47. The maximum absolute atomic E-state index is 11.1. The van der Waals surface area contributed by atoms with E-state index in [1.165, 1.54) is 6.07 Å². The predicted molar refractivity (Wildman–Crippen MR) is 75.6 cm³/mol. The molecule has 0 aliphatic rings. The average Bonchev–Trinajstić information content (AvgIpc) is 2.87. The van der Waals surface area contributed by atoms with Gasteiger partial charge in [-0.25, -0.2) is 4.98 Å². The van der Waals surface area contributed by atoms with E-state index in [9.17, 15) is 10.1 Å². The van der Waals surface area contributed by atoms with Crippen molar-refractivity contribution in [2.24, 2.45) is 0 Å². The minimum atomic E-state index is -0.397. The predicted octanol–water partition coefficient (Wildman–Crippen LogP) is 2.71. The van der Waals surface area contributed by atoms with Crippen LogP contribution in [0.2, 0.25) is 0 Å². The molecule has 6 nitrogen and oxygen atoms in total. The third kappa shape index (κ3) is 3.03. The van der Waals surface area contributed by atoms with Crippen LogP contribution in [0.4, 0.5) is 5.69 Å². The van der Waals surface area contributed by atoms with Gasteiger partial charge in [0, 0.05) is 12.5 Å². The van der Waals surface area contributed by atoms with Crippen molar-refractivity contribution in [3.05, 3.63) is 46.0 Å². The fourth-order valence-electron chi connectivity index (χ4n) is 2.08. The van der Waals surface area contributed by atoms with Crippen molar-refractivity contribution in [1.29, 1.82) is 0 Å². The van der Waals surface area contributed by atoms with Gasteiger partial charge in [0.25, 0.3) is 5.69 Å². The van der Waals surface area contributed by atoms with E-state index in [-0.39, 0.29) is 5.69 Å². The molecule has 0 aliphatic heterocycles. The van der Waals surface area contributed by atoms with Gasteiger partial charge in [0.2, 0.25) is 0 Å². The Hall–Kier alpha value is -2.21.